The second kappa shape index (κ2) is 5.52. The summed E-state index contributed by atoms with van der Waals surface area (Å²) in [5.41, 5.74) is 1.66. The lowest BCUT2D eigenvalue weighted by molar-refractivity contribution is -0.115. The lowest BCUT2D eigenvalue weighted by Gasteiger charge is -2.04. The van der Waals surface area contributed by atoms with Gasteiger partial charge >= 0.3 is 0 Å². The third kappa shape index (κ3) is 2.88. The summed E-state index contributed by atoms with van der Waals surface area (Å²) in [4.78, 5) is 24.0. The van der Waals surface area contributed by atoms with Crippen molar-refractivity contribution in [1.82, 2.24) is 10.2 Å². The van der Waals surface area contributed by atoms with Crippen LogP contribution in [0.1, 0.15) is 30.0 Å². The number of anilines is 1. The van der Waals surface area contributed by atoms with Crippen LogP contribution in [0, 0.1) is 0 Å². The molecule has 7 nitrogen and oxygen atoms in total. The highest BCUT2D eigenvalue weighted by atomic mass is 16.5. The fourth-order valence-corrected chi connectivity index (χ4v) is 2.68. The van der Waals surface area contributed by atoms with Crippen LogP contribution < -0.4 is 10.7 Å². The molecule has 1 amide bonds. The number of carbonyl (C=O) groups excluding carboxylic acids is 1. The SMILES string of the molecule is O=C(Cc1ccc2oc(O)cc(=O)c2c1)Nc1cc(C2CC2)[nH]n1. The Labute approximate surface area is 136 Å². The summed E-state index contributed by atoms with van der Waals surface area (Å²) in [7, 11) is 0. The molecule has 1 aromatic carbocycles. The van der Waals surface area contributed by atoms with Crippen molar-refractivity contribution in [3.05, 3.63) is 51.8 Å². The summed E-state index contributed by atoms with van der Waals surface area (Å²) in [6.45, 7) is 0. The van der Waals surface area contributed by atoms with Crippen molar-refractivity contribution in [2.75, 3.05) is 5.32 Å². The Morgan fingerprint density at radius 2 is 2.17 bits per heavy atom. The molecular weight excluding hydrogens is 310 g/mol. The van der Waals surface area contributed by atoms with Crippen molar-refractivity contribution >= 4 is 22.7 Å². The van der Waals surface area contributed by atoms with E-state index in [2.05, 4.69) is 15.5 Å². The molecule has 1 aliphatic rings. The largest absolute Gasteiger partial charge is 0.481 e. The molecule has 3 aromatic rings. The Bertz CT molecular complexity index is 985. The Balaban J connectivity index is 1.50. The Hall–Kier alpha value is -3.09. The first kappa shape index (κ1) is 14.5. The summed E-state index contributed by atoms with van der Waals surface area (Å²) in [5, 5.41) is 19.4. The monoisotopic (exact) mass is 325 g/mol. The molecule has 0 bridgehead atoms. The van der Waals surface area contributed by atoms with Crippen LogP contribution in [0.15, 0.2) is 39.5 Å². The number of rotatable bonds is 4. The maximum Gasteiger partial charge on any atom is 0.286 e. The zero-order chi connectivity index (χ0) is 16.7. The number of aromatic amines is 1. The van der Waals surface area contributed by atoms with Crippen LogP contribution in [0.5, 0.6) is 5.95 Å². The Kier molecular flexibility index (Phi) is 3.34. The van der Waals surface area contributed by atoms with Crippen LogP contribution in [-0.2, 0) is 11.2 Å². The number of nitrogens with one attached hydrogen (secondary N) is 2. The minimum absolute atomic E-state index is 0.113. The van der Waals surface area contributed by atoms with Gasteiger partial charge in [0.1, 0.15) is 5.58 Å². The first-order valence-corrected chi connectivity index (χ1v) is 7.69. The van der Waals surface area contributed by atoms with E-state index in [1.54, 1.807) is 18.2 Å². The molecule has 1 aliphatic carbocycles. The van der Waals surface area contributed by atoms with E-state index in [4.69, 9.17) is 4.42 Å². The van der Waals surface area contributed by atoms with Crippen molar-refractivity contribution in [2.45, 2.75) is 25.2 Å². The number of aromatic hydroxyl groups is 1. The molecule has 0 spiro atoms. The molecule has 3 N–H and O–H groups in total. The predicted octanol–water partition coefficient (Wildman–Crippen LogP) is 2.28. The number of carbonyl (C=O) groups is 1. The van der Waals surface area contributed by atoms with E-state index in [9.17, 15) is 14.7 Å². The number of nitrogens with zero attached hydrogens (tertiary/aromatic N) is 1. The molecule has 0 aliphatic heterocycles. The van der Waals surface area contributed by atoms with Crippen molar-refractivity contribution in [3.8, 4) is 5.95 Å². The normalized spacial score (nSPS) is 14.0. The summed E-state index contributed by atoms with van der Waals surface area (Å²) in [5.74, 6) is 0.403. The summed E-state index contributed by atoms with van der Waals surface area (Å²) < 4.78 is 5.07. The van der Waals surface area contributed by atoms with Gasteiger partial charge in [-0.2, -0.15) is 5.10 Å². The third-order valence-electron chi connectivity index (χ3n) is 4.03. The molecule has 1 saturated carbocycles. The fourth-order valence-electron chi connectivity index (χ4n) is 2.68. The average molecular weight is 325 g/mol. The highest BCUT2D eigenvalue weighted by Gasteiger charge is 2.25. The molecule has 7 heteroatoms. The average Bonchev–Trinajstić information content (AvgIpc) is 3.28. The van der Waals surface area contributed by atoms with Crippen molar-refractivity contribution in [1.29, 1.82) is 0 Å². The van der Waals surface area contributed by atoms with Crippen LogP contribution >= 0.6 is 0 Å². The van der Waals surface area contributed by atoms with Crippen molar-refractivity contribution in [3.63, 3.8) is 0 Å². The molecular formula is C17H15N3O4. The predicted molar refractivity (Wildman–Crippen MR) is 87.0 cm³/mol. The number of hydrogen-bond acceptors (Lipinski definition) is 5. The molecule has 0 radical (unpaired) electrons. The van der Waals surface area contributed by atoms with Crippen LogP contribution in [0.25, 0.3) is 11.0 Å². The number of aromatic nitrogens is 2. The minimum atomic E-state index is -0.428. The van der Waals surface area contributed by atoms with Gasteiger partial charge in [0.15, 0.2) is 11.2 Å². The first-order chi connectivity index (χ1) is 11.6. The van der Waals surface area contributed by atoms with Gasteiger partial charge in [-0.05, 0) is 30.5 Å². The molecule has 24 heavy (non-hydrogen) atoms. The summed E-state index contributed by atoms with van der Waals surface area (Å²) in [6, 6.07) is 7.71. The molecule has 4 rings (SSSR count). The fraction of sp³-hybridized carbons (Fsp3) is 0.235. The molecule has 1 fully saturated rings. The molecule has 122 valence electrons. The minimum Gasteiger partial charge on any atom is -0.481 e. The van der Waals surface area contributed by atoms with Crippen LogP contribution in [-0.4, -0.2) is 21.2 Å². The van der Waals surface area contributed by atoms with Gasteiger partial charge in [0, 0.05) is 17.7 Å². The first-order valence-electron chi connectivity index (χ1n) is 7.69. The van der Waals surface area contributed by atoms with Gasteiger partial charge in [0.05, 0.1) is 17.9 Å². The zero-order valence-electron chi connectivity index (χ0n) is 12.7. The van der Waals surface area contributed by atoms with E-state index < -0.39 is 5.95 Å². The van der Waals surface area contributed by atoms with Gasteiger partial charge in [-0.1, -0.05) is 6.07 Å². The van der Waals surface area contributed by atoms with Gasteiger partial charge in [0.2, 0.25) is 5.91 Å². The topological polar surface area (TPSA) is 108 Å². The van der Waals surface area contributed by atoms with E-state index in [-0.39, 0.29) is 23.3 Å². The van der Waals surface area contributed by atoms with Crippen molar-refractivity contribution in [2.24, 2.45) is 0 Å². The van der Waals surface area contributed by atoms with Crippen LogP contribution in [0.2, 0.25) is 0 Å². The number of amides is 1. The van der Waals surface area contributed by atoms with Gasteiger partial charge in [-0.15, -0.1) is 0 Å². The van der Waals surface area contributed by atoms with Crippen molar-refractivity contribution < 1.29 is 14.3 Å². The number of H-pyrrole nitrogens is 1. The van der Waals surface area contributed by atoms with E-state index in [1.165, 1.54) is 0 Å². The molecule has 2 heterocycles. The maximum atomic E-state index is 12.1. The second-order valence-electron chi connectivity index (χ2n) is 5.99. The van der Waals surface area contributed by atoms with Gasteiger partial charge in [0.25, 0.3) is 5.95 Å². The van der Waals surface area contributed by atoms with E-state index >= 15 is 0 Å². The Morgan fingerprint density at radius 3 is 2.96 bits per heavy atom. The quantitative estimate of drug-likeness (QED) is 0.682. The van der Waals surface area contributed by atoms with E-state index in [1.807, 2.05) is 6.07 Å². The van der Waals surface area contributed by atoms with Gasteiger partial charge in [-0.25, -0.2) is 0 Å². The number of hydrogen-bond donors (Lipinski definition) is 3. The third-order valence-corrected chi connectivity index (χ3v) is 4.03. The molecule has 0 unspecified atom stereocenters. The second-order valence-corrected chi connectivity index (χ2v) is 5.99. The lowest BCUT2D eigenvalue weighted by atomic mass is 10.1. The van der Waals surface area contributed by atoms with Gasteiger partial charge < -0.3 is 14.8 Å². The standard InChI is InChI=1S/C17H15N3O4/c21-13-8-17(23)24-14-4-1-9(5-11(13)14)6-16(22)18-15-7-12(19-20-15)10-2-3-10/h1,4-5,7-8,10,23H,2-3,6H2,(H2,18,19,20,22). The molecule has 0 saturated heterocycles. The molecule has 0 atom stereocenters. The van der Waals surface area contributed by atoms with Crippen LogP contribution in [0.4, 0.5) is 5.82 Å². The number of fused-ring (bicyclic) bond motifs is 1. The Morgan fingerprint density at radius 1 is 1.33 bits per heavy atom. The molecule has 2 aromatic heterocycles. The zero-order valence-corrected chi connectivity index (χ0v) is 12.7. The van der Waals surface area contributed by atoms with Crippen LogP contribution in [0.3, 0.4) is 0 Å². The van der Waals surface area contributed by atoms with Gasteiger partial charge in [-0.3, -0.25) is 14.7 Å². The summed E-state index contributed by atoms with van der Waals surface area (Å²) >= 11 is 0. The smallest absolute Gasteiger partial charge is 0.286 e. The maximum absolute atomic E-state index is 12.1. The van der Waals surface area contributed by atoms with E-state index in [0.29, 0.717) is 22.7 Å². The summed E-state index contributed by atoms with van der Waals surface area (Å²) in [6.07, 6.45) is 2.43. The highest BCUT2D eigenvalue weighted by Crippen LogP contribution is 2.39. The lowest BCUT2D eigenvalue weighted by Crippen LogP contribution is -2.14. The number of benzene rings is 1. The highest BCUT2D eigenvalue weighted by molar-refractivity contribution is 5.92. The van der Waals surface area contributed by atoms with E-state index in [0.717, 1.165) is 24.6 Å².